The van der Waals surface area contributed by atoms with Crippen molar-refractivity contribution in [2.24, 2.45) is 0 Å². The van der Waals surface area contributed by atoms with E-state index in [2.05, 4.69) is 21.4 Å². The van der Waals surface area contributed by atoms with E-state index in [1.165, 1.54) is 18.3 Å². The van der Waals surface area contributed by atoms with E-state index in [0.29, 0.717) is 24.4 Å². The molecule has 0 spiro atoms. The van der Waals surface area contributed by atoms with Gasteiger partial charge in [0, 0.05) is 32.4 Å². The largest absolute Gasteiger partial charge is 0.350 e. The van der Waals surface area contributed by atoms with Gasteiger partial charge in [-0.1, -0.05) is 0 Å². The summed E-state index contributed by atoms with van der Waals surface area (Å²) in [6.07, 6.45) is 2.90. The quantitative estimate of drug-likeness (QED) is 0.583. The average molecular weight is 495 g/mol. The van der Waals surface area contributed by atoms with Gasteiger partial charge >= 0.3 is 0 Å². The number of amides is 2. The average Bonchev–Trinajstić information content (AvgIpc) is 3.14. The van der Waals surface area contributed by atoms with Crippen molar-refractivity contribution >= 4 is 48.9 Å². The molecule has 2 aliphatic rings. The van der Waals surface area contributed by atoms with Crippen molar-refractivity contribution in [3.8, 4) is 0 Å². The first kappa shape index (κ1) is 21.7. The normalized spacial score (nSPS) is 22.0. The Kier molecular flexibility index (Phi) is 6.50. The van der Waals surface area contributed by atoms with Crippen LogP contribution < -0.4 is 5.48 Å². The lowest BCUT2D eigenvalue weighted by Gasteiger charge is -2.29. The minimum atomic E-state index is -3.76. The number of hydroxylamine groups is 1. The molecular weight excluding hydrogens is 472 g/mol. The van der Waals surface area contributed by atoms with Gasteiger partial charge in [0.2, 0.25) is 0 Å². The van der Waals surface area contributed by atoms with Crippen LogP contribution >= 0.6 is 27.3 Å². The molecule has 8 nitrogen and oxygen atoms in total. The number of sulfone groups is 1. The summed E-state index contributed by atoms with van der Waals surface area (Å²) in [6, 6.07) is 1.89. The highest BCUT2D eigenvalue weighted by atomic mass is 79.9. The lowest BCUT2D eigenvalue weighted by Crippen LogP contribution is -2.52. The molecule has 2 aliphatic heterocycles. The molecule has 0 aromatic carbocycles. The SMILES string of the molecule is CC(CCN1Cc2cc(Br)sc2C1=O)(C(=O)NOC1CCCCO1)S(C)(=O)=O. The third kappa shape index (κ3) is 4.43. The van der Waals surface area contributed by atoms with Crippen molar-refractivity contribution in [3.63, 3.8) is 0 Å². The molecular formula is C17H23BrN2O6S2. The number of fused-ring (bicyclic) bond motifs is 1. The highest BCUT2D eigenvalue weighted by Crippen LogP contribution is 2.34. The van der Waals surface area contributed by atoms with Crippen LogP contribution in [0, 0.1) is 0 Å². The molecule has 1 fully saturated rings. The summed E-state index contributed by atoms with van der Waals surface area (Å²) in [7, 11) is -3.76. The van der Waals surface area contributed by atoms with Crippen molar-refractivity contribution < 1.29 is 27.6 Å². The lowest BCUT2D eigenvalue weighted by molar-refractivity contribution is -0.201. The number of hydrogen-bond donors (Lipinski definition) is 1. The maximum absolute atomic E-state index is 12.7. The smallest absolute Gasteiger partial charge is 0.264 e. The fourth-order valence-corrected chi connectivity index (χ4v) is 5.61. The number of halogens is 1. The van der Waals surface area contributed by atoms with Gasteiger partial charge in [0.25, 0.3) is 11.8 Å². The molecule has 1 saturated heterocycles. The second kappa shape index (κ2) is 8.39. The first-order valence-corrected chi connectivity index (χ1v) is 12.5. The third-order valence-corrected chi connectivity index (χ3v) is 8.89. The third-order valence-electron chi connectivity index (χ3n) is 5.20. The molecule has 0 saturated carbocycles. The number of rotatable bonds is 7. The van der Waals surface area contributed by atoms with Crippen LogP contribution in [-0.2, 0) is 30.8 Å². The Hall–Kier alpha value is -1.01. The number of carbonyl (C=O) groups excluding carboxylic acids is 2. The van der Waals surface area contributed by atoms with Crippen LogP contribution in [0.25, 0.3) is 0 Å². The summed E-state index contributed by atoms with van der Waals surface area (Å²) >= 11 is 4.71. The van der Waals surface area contributed by atoms with E-state index >= 15 is 0 Å². The topological polar surface area (TPSA) is 102 Å². The lowest BCUT2D eigenvalue weighted by atomic mass is 10.1. The van der Waals surface area contributed by atoms with Crippen LogP contribution in [0.3, 0.4) is 0 Å². The monoisotopic (exact) mass is 494 g/mol. The molecule has 11 heteroatoms. The highest BCUT2D eigenvalue weighted by Gasteiger charge is 2.45. The van der Waals surface area contributed by atoms with E-state index in [1.807, 2.05) is 6.07 Å². The Morgan fingerprint density at radius 2 is 2.25 bits per heavy atom. The molecule has 2 unspecified atom stereocenters. The molecule has 1 N–H and O–H groups in total. The van der Waals surface area contributed by atoms with Gasteiger partial charge in [-0.3, -0.25) is 9.59 Å². The summed E-state index contributed by atoms with van der Waals surface area (Å²) < 4.78 is 29.3. The molecule has 1 aromatic heterocycles. The molecule has 3 rings (SSSR count). The van der Waals surface area contributed by atoms with E-state index in [9.17, 15) is 18.0 Å². The predicted octanol–water partition coefficient (Wildman–Crippen LogP) is 2.23. The fourth-order valence-electron chi connectivity index (χ4n) is 3.14. The number of nitrogens with one attached hydrogen (secondary N) is 1. The molecule has 1 aromatic rings. The molecule has 0 aliphatic carbocycles. The summed E-state index contributed by atoms with van der Waals surface area (Å²) in [4.78, 5) is 32.7. The Morgan fingerprint density at radius 3 is 2.86 bits per heavy atom. The van der Waals surface area contributed by atoms with Crippen molar-refractivity contribution in [3.05, 3.63) is 20.3 Å². The molecule has 0 bridgehead atoms. The maximum Gasteiger partial charge on any atom is 0.264 e. The zero-order chi connectivity index (χ0) is 20.5. The Bertz CT molecular complexity index is 865. The van der Waals surface area contributed by atoms with Gasteiger partial charge in [-0.25, -0.2) is 18.7 Å². The van der Waals surface area contributed by atoms with Gasteiger partial charge in [0.15, 0.2) is 20.9 Å². The van der Waals surface area contributed by atoms with Crippen molar-refractivity contribution in [1.29, 1.82) is 0 Å². The molecule has 2 atom stereocenters. The van der Waals surface area contributed by atoms with Gasteiger partial charge in [-0.2, -0.15) is 0 Å². The summed E-state index contributed by atoms with van der Waals surface area (Å²) in [5.41, 5.74) is 3.16. The minimum absolute atomic E-state index is 0.0333. The molecule has 3 heterocycles. The Balaban J connectivity index is 1.63. The van der Waals surface area contributed by atoms with Gasteiger partial charge in [-0.15, -0.1) is 11.3 Å². The van der Waals surface area contributed by atoms with Gasteiger partial charge in [0.05, 0.1) is 8.66 Å². The second-order valence-electron chi connectivity index (χ2n) is 7.23. The van der Waals surface area contributed by atoms with Crippen LogP contribution in [0.1, 0.15) is 47.8 Å². The zero-order valence-electron chi connectivity index (χ0n) is 15.7. The number of carbonyl (C=O) groups is 2. The first-order chi connectivity index (χ1) is 13.1. The standard InChI is InChI=1S/C17H23BrN2O6S2/c1-17(28(2,23)24,16(22)19-26-13-5-3-4-8-25-13)6-7-20-10-11-9-12(18)27-14(11)15(20)21/h9,13H,3-8,10H2,1-2H3,(H,19,22). The predicted molar refractivity (Wildman–Crippen MR) is 107 cm³/mol. The molecule has 0 radical (unpaired) electrons. The molecule has 2 amide bonds. The van der Waals surface area contributed by atoms with E-state index in [-0.39, 0.29) is 18.9 Å². The van der Waals surface area contributed by atoms with Gasteiger partial charge in [-0.05, 0) is 53.7 Å². The fraction of sp³-hybridized carbons (Fsp3) is 0.647. The summed E-state index contributed by atoms with van der Waals surface area (Å²) in [6.45, 7) is 2.45. The Morgan fingerprint density at radius 1 is 1.50 bits per heavy atom. The maximum atomic E-state index is 12.7. The first-order valence-electron chi connectivity index (χ1n) is 8.96. The summed E-state index contributed by atoms with van der Waals surface area (Å²) in [5.74, 6) is -0.901. The van der Waals surface area contributed by atoms with Gasteiger partial charge < -0.3 is 9.64 Å². The van der Waals surface area contributed by atoms with Crippen LogP contribution in [-0.4, -0.2) is 55.6 Å². The van der Waals surface area contributed by atoms with E-state index in [4.69, 9.17) is 9.57 Å². The number of hydrogen-bond acceptors (Lipinski definition) is 7. The van der Waals surface area contributed by atoms with Crippen LogP contribution in [0.4, 0.5) is 0 Å². The van der Waals surface area contributed by atoms with E-state index in [1.54, 1.807) is 4.90 Å². The van der Waals surface area contributed by atoms with Crippen molar-refractivity contribution in [2.75, 3.05) is 19.4 Å². The second-order valence-corrected chi connectivity index (χ2v) is 12.1. The van der Waals surface area contributed by atoms with E-state index in [0.717, 1.165) is 28.4 Å². The van der Waals surface area contributed by atoms with Crippen LogP contribution in [0.15, 0.2) is 9.85 Å². The summed E-state index contributed by atoms with van der Waals surface area (Å²) in [5, 5.41) is 0. The molecule has 156 valence electrons. The number of nitrogens with zero attached hydrogens (tertiary/aromatic N) is 1. The Labute approximate surface area is 176 Å². The number of thiophene rings is 1. The van der Waals surface area contributed by atoms with Crippen LogP contribution in [0.5, 0.6) is 0 Å². The van der Waals surface area contributed by atoms with Crippen molar-refractivity contribution in [2.45, 2.75) is 50.2 Å². The van der Waals surface area contributed by atoms with E-state index < -0.39 is 26.8 Å². The minimum Gasteiger partial charge on any atom is -0.350 e. The highest BCUT2D eigenvalue weighted by molar-refractivity contribution is 9.11. The number of ether oxygens (including phenoxy) is 1. The zero-order valence-corrected chi connectivity index (χ0v) is 18.9. The molecule has 28 heavy (non-hydrogen) atoms. The van der Waals surface area contributed by atoms with Crippen LogP contribution in [0.2, 0.25) is 0 Å². The van der Waals surface area contributed by atoms with Gasteiger partial charge in [0.1, 0.15) is 0 Å². The van der Waals surface area contributed by atoms with Crippen molar-refractivity contribution in [1.82, 2.24) is 10.4 Å².